The van der Waals surface area contributed by atoms with E-state index in [2.05, 4.69) is 10.3 Å². The molecule has 0 aliphatic heterocycles. The fourth-order valence-corrected chi connectivity index (χ4v) is 1.67. The number of aliphatic hydroxyl groups excluding tert-OH is 1. The fraction of sp³-hybridized carbons (Fsp3) is 0.500. The molecule has 14 heavy (non-hydrogen) atoms. The molecule has 0 spiro atoms. The van der Waals surface area contributed by atoms with Crippen molar-refractivity contribution in [1.29, 1.82) is 0 Å². The first-order chi connectivity index (χ1) is 6.61. The Morgan fingerprint density at radius 3 is 3.07 bits per heavy atom. The Bertz CT molecular complexity index is 313. The van der Waals surface area contributed by atoms with Gasteiger partial charge in [-0.2, -0.15) is 0 Å². The second kappa shape index (κ2) is 5.04. The summed E-state index contributed by atoms with van der Waals surface area (Å²) in [5.74, 6) is -0.710. The molecule has 5 nitrogen and oxygen atoms in total. The van der Waals surface area contributed by atoms with Crippen molar-refractivity contribution in [2.45, 2.75) is 19.6 Å². The summed E-state index contributed by atoms with van der Waals surface area (Å²) in [4.78, 5) is 15.7. The lowest BCUT2D eigenvalue weighted by Crippen LogP contribution is -2.37. The zero-order valence-corrected chi connectivity index (χ0v) is 8.67. The van der Waals surface area contributed by atoms with E-state index < -0.39 is 12.0 Å². The van der Waals surface area contributed by atoms with Crippen LogP contribution in [0.2, 0.25) is 0 Å². The van der Waals surface area contributed by atoms with Gasteiger partial charge in [0.05, 0.1) is 11.2 Å². The largest absolute Gasteiger partial charge is 0.382 e. The van der Waals surface area contributed by atoms with Gasteiger partial charge in [-0.25, -0.2) is 4.98 Å². The van der Waals surface area contributed by atoms with Crippen LogP contribution in [-0.4, -0.2) is 28.6 Å². The van der Waals surface area contributed by atoms with Crippen LogP contribution in [0.5, 0.6) is 0 Å². The van der Waals surface area contributed by atoms with Gasteiger partial charge in [0, 0.05) is 18.0 Å². The number of nitrogens with one attached hydrogen (secondary N) is 1. The minimum absolute atomic E-state index is 0.173. The molecule has 1 heterocycles. The number of hydrogen-bond donors (Lipinski definition) is 3. The van der Waals surface area contributed by atoms with Gasteiger partial charge >= 0.3 is 0 Å². The van der Waals surface area contributed by atoms with Crippen molar-refractivity contribution in [3.63, 3.8) is 0 Å². The second-order valence-corrected chi connectivity index (χ2v) is 3.85. The monoisotopic (exact) mass is 215 g/mol. The summed E-state index contributed by atoms with van der Waals surface area (Å²) in [7, 11) is 0. The fourth-order valence-electron chi connectivity index (χ4n) is 0.919. The van der Waals surface area contributed by atoms with Gasteiger partial charge in [-0.1, -0.05) is 0 Å². The summed E-state index contributed by atoms with van der Waals surface area (Å²) in [5, 5.41) is 12.0. The van der Waals surface area contributed by atoms with E-state index in [1.807, 2.05) is 6.92 Å². The molecule has 0 fully saturated rings. The summed E-state index contributed by atoms with van der Waals surface area (Å²) >= 11 is 1.54. The Balaban J connectivity index is 2.29. The molecule has 0 saturated carbocycles. The van der Waals surface area contributed by atoms with Gasteiger partial charge in [-0.15, -0.1) is 11.3 Å². The zero-order valence-electron chi connectivity index (χ0n) is 7.86. The summed E-state index contributed by atoms with van der Waals surface area (Å²) < 4.78 is 0. The first-order valence-electron chi connectivity index (χ1n) is 4.18. The number of amides is 1. The van der Waals surface area contributed by atoms with E-state index in [-0.39, 0.29) is 6.54 Å². The first kappa shape index (κ1) is 11.1. The van der Waals surface area contributed by atoms with Gasteiger partial charge in [0.15, 0.2) is 0 Å². The average Bonchev–Trinajstić information content (AvgIpc) is 2.51. The number of primary amides is 1. The van der Waals surface area contributed by atoms with Crippen molar-refractivity contribution >= 4 is 17.2 Å². The summed E-state index contributed by atoms with van der Waals surface area (Å²) in [6.07, 6.45) is -1.12. The number of carbonyl (C=O) groups is 1. The third kappa shape index (κ3) is 3.06. The van der Waals surface area contributed by atoms with Crippen LogP contribution >= 0.6 is 11.3 Å². The Morgan fingerprint density at radius 2 is 2.57 bits per heavy atom. The number of rotatable bonds is 5. The molecule has 0 saturated heterocycles. The lowest BCUT2D eigenvalue weighted by molar-refractivity contribution is -0.125. The van der Waals surface area contributed by atoms with Crippen molar-refractivity contribution in [2.24, 2.45) is 5.73 Å². The smallest absolute Gasteiger partial charge is 0.247 e. The molecule has 0 radical (unpaired) electrons. The molecule has 1 aromatic rings. The molecule has 6 heteroatoms. The highest BCUT2D eigenvalue weighted by Crippen LogP contribution is 2.10. The molecule has 0 aliphatic rings. The van der Waals surface area contributed by atoms with Crippen LogP contribution in [0.1, 0.15) is 10.6 Å². The molecule has 0 aliphatic carbocycles. The van der Waals surface area contributed by atoms with Gasteiger partial charge in [0.1, 0.15) is 6.10 Å². The highest BCUT2D eigenvalue weighted by Gasteiger charge is 2.10. The summed E-state index contributed by atoms with van der Waals surface area (Å²) in [6.45, 7) is 2.69. The normalized spacial score (nSPS) is 12.7. The number of nitrogens with two attached hydrogens (primary N) is 1. The Morgan fingerprint density at radius 1 is 1.86 bits per heavy atom. The zero-order chi connectivity index (χ0) is 10.6. The van der Waals surface area contributed by atoms with Crippen LogP contribution in [0.4, 0.5) is 0 Å². The quantitative estimate of drug-likeness (QED) is 0.611. The van der Waals surface area contributed by atoms with Crippen molar-refractivity contribution < 1.29 is 9.90 Å². The molecule has 1 aromatic heterocycles. The van der Waals surface area contributed by atoms with Gasteiger partial charge in [0.2, 0.25) is 5.91 Å². The van der Waals surface area contributed by atoms with Gasteiger partial charge in [0.25, 0.3) is 0 Å². The van der Waals surface area contributed by atoms with Gasteiger partial charge in [-0.3, -0.25) is 4.79 Å². The molecule has 0 bridgehead atoms. The predicted molar refractivity (Wildman–Crippen MR) is 53.8 cm³/mol. The number of aliphatic hydroxyl groups is 1. The van der Waals surface area contributed by atoms with Gasteiger partial charge < -0.3 is 16.2 Å². The van der Waals surface area contributed by atoms with E-state index in [9.17, 15) is 4.79 Å². The molecule has 4 N–H and O–H groups in total. The molecule has 78 valence electrons. The van der Waals surface area contributed by atoms with Crippen LogP contribution in [0, 0.1) is 6.92 Å². The second-order valence-electron chi connectivity index (χ2n) is 2.91. The van der Waals surface area contributed by atoms with Gasteiger partial charge in [-0.05, 0) is 6.92 Å². The third-order valence-corrected chi connectivity index (χ3v) is 2.73. The number of carbonyl (C=O) groups excluding carboxylic acids is 1. The van der Waals surface area contributed by atoms with E-state index in [1.54, 1.807) is 5.51 Å². The molecule has 1 unspecified atom stereocenters. The Kier molecular flexibility index (Phi) is 3.99. The van der Waals surface area contributed by atoms with Crippen molar-refractivity contribution in [3.05, 3.63) is 16.1 Å². The van der Waals surface area contributed by atoms with E-state index in [4.69, 9.17) is 10.8 Å². The SMILES string of the molecule is Cc1ncsc1CNCC(O)C(N)=O. The minimum Gasteiger partial charge on any atom is -0.382 e. The molecular formula is C8H13N3O2S. The van der Waals surface area contributed by atoms with Crippen LogP contribution < -0.4 is 11.1 Å². The van der Waals surface area contributed by atoms with Crippen LogP contribution in [0.3, 0.4) is 0 Å². The first-order valence-corrected chi connectivity index (χ1v) is 5.06. The van der Waals surface area contributed by atoms with E-state index in [0.29, 0.717) is 6.54 Å². The molecule has 1 rings (SSSR count). The van der Waals surface area contributed by atoms with Crippen molar-refractivity contribution in [1.82, 2.24) is 10.3 Å². The van der Waals surface area contributed by atoms with Crippen molar-refractivity contribution in [3.8, 4) is 0 Å². The minimum atomic E-state index is -1.12. The highest BCUT2D eigenvalue weighted by molar-refractivity contribution is 7.09. The van der Waals surface area contributed by atoms with Crippen LogP contribution in [0.25, 0.3) is 0 Å². The summed E-state index contributed by atoms with van der Waals surface area (Å²) in [5.41, 5.74) is 7.62. The molecule has 0 aromatic carbocycles. The number of thiazole rings is 1. The van der Waals surface area contributed by atoms with E-state index >= 15 is 0 Å². The topological polar surface area (TPSA) is 88.2 Å². The number of hydrogen-bond acceptors (Lipinski definition) is 5. The third-order valence-electron chi connectivity index (χ3n) is 1.80. The maximum atomic E-state index is 10.5. The molecular weight excluding hydrogens is 202 g/mol. The van der Waals surface area contributed by atoms with Crippen LogP contribution in [0.15, 0.2) is 5.51 Å². The lowest BCUT2D eigenvalue weighted by Gasteiger charge is -2.07. The number of aromatic nitrogens is 1. The van der Waals surface area contributed by atoms with E-state index in [1.165, 1.54) is 11.3 Å². The van der Waals surface area contributed by atoms with Crippen LogP contribution in [-0.2, 0) is 11.3 Å². The Hall–Kier alpha value is -0.980. The number of aryl methyl sites for hydroxylation is 1. The average molecular weight is 215 g/mol. The van der Waals surface area contributed by atoms with E-state index in [0.717, 1.165) is 10.6 Å². The Labute approximate surface area is 86.0 Å². The summed E-state index contributed by atoms with van der Waals surface area (Å²) in [6, 6.07) is 0. The molecule has 1 atom stereocenters. The lowest BCUT2D eigenvalue weighted by atomic mass is 10.3. The molecule has 1 amide bonds. The maximum Gasteiger partial charge on any atom is 0.247 e. The standard InChI is InChI=1S/C8H13N3O2S/c1-5-7(14-4-11-5)3-10-2-6(12)8(9)13/h4,6,10,12H,2-3H2,1H3,(H2,9,13). The highest BCUT2D eigenvalue weighted by atomic mass is 32.1. The maximum absolute atomic E-state index is 10.5. The number of nitrogens with zero attached hydrogens (tertiary/aromatic N) is 1. The predicted octanol–water partition coefficient (Wildman–Crippen LogP) is -0.613. The van der Waals surface area contributed by atoms with Crippen molar-refractivity contribution in [2.75, 3.05) is 6.54 Å².